The number of amides is 2. The van der Waals surface area contributed by atoms with Crippen molar-refractivity contribution in [2.45, 2.75) is 12.1 Å². The highest BCUT2D eigenvalue weighted by Gasteiger charge is 2.36. The van der Waals surface area contributed by atoms with Crippen molar-refractivity contribution in [1.82, 2.24) is 4.90 Å². The van der Waals surface area contributed by atoms with E-state index >= 15 is 0 Å². The molecule has 3 rings (SSSR count). The molecule has 2 aromatic carbocycles. The van der Waals surface area contributed by atoms with Crippen LogP contribution in [-0.4, -0.2) is 54.2 Å². The van der Waals surface area contributed by atoms with Gasteiger partial charge in [-0.05, 0) is 35.9 Å². The van der Waals surface area contributed by atoms with Crippen molar-refractivity contribution in [3.8, 4) is 0 Å². The number of nitrogens with one attached hydrogen (secondary N) is 1. The highest BCUT2D eigenvalue weighted by molar-refractivity contribution is 6.31. The summed E-state index contributed by atoms with van der Waals surface area (Å²) in [5, 5.41) is 12.3. The summed E-state index contributed by atoms with van der Waals surface area (Å²) in [5.41, 5.74) is 7.07. The van der Waals surface area contributed by atoms with E-state index in [4.69, 9.17) is 22.1 Å². The Hall–Kier alpha value is -2.52. The van der Waals surface area contributed by atoms with Crippen LogP contribution in [0.2, 0.25) is 5.02 Å². The van der Waals surface area contributed by atoms with Crippen LogP contribution in [0.5, 0.6) is 0 Å². The Morgan fingerprint density at radius 3 is 2.66 bits per heavy atom. The van der Waals surface area contributed by atoms with Crippen LogP contribution >= 0.6 is 11.6 Å². The van der Waals surface area contributed by atoms with Gasteiger partial charge in [0.05, 0.1) is 17.7 Å². The molecule has 0 radical (unpaired) electrons. The second-order valence-electron chi connectivity index (χ2n) is 6.56. The molecule has 2 atom stereocenters. The summed E-state index contributed by atoms with van der Waals surface area (Å²) in [6, 6.07) is 10.0. The van der Waals surface area contributed by atoms with Crippen LogP contribution in [0.15, 0.2) is 42.5 Å². The van der Waals surface area contributed by atoms with Crippen molar-refractivity contribution in [3.05, 3.63) is 64.4 Å². The average Bonchev–Trinajstić information content (AvgIpc) is 2.72. The zero-order chi connectivity index (χ0) is 21.0. The third-order valence-corrected chi connectivity index (χ3v) is 4.98. The number of aliphatic hydroxyl groups excluding tert-OH is 1. The normalized spacial score (nSPS) is 19.3. The molecule has 2 aromatic rings. The fraction of sp³-hybridized carbons (Fsp3) is 0.300. The van der Waals surface area contributed by atoms with Crippen molar-refractivity contribution in [2.75, 3.05) is 31.6 Å². The van der Waals surface area contributed by atoms with Crippen LogP contribution in [0.3, 0.4) is 0 Å². The molecular weight excluding hydrogens is 401 g/mol. The van der Waals surface area contributed by atoms with E-state index in [0.29, 0.717) is 12.2 Å². The summed E-state index contributed by atoms with van der Waals surface area (Å²) in [6.45, 7) is 0.261. The number of carbonyl (C=O) groups excluding carboxylic acids is 2. The van der Waals surface area contributed by atoms with Crippen LogP contribution < -0.4 is 11.1 Å². The Kier molecular flexibility index (Phi) is 6.81. The first-order valence-electron chi connectivity index (χ1n) is 9.03. The number of benzene rings is 2. The number of carbonyl (C=O) groups is 2. The van der Waals surface area contributed by atoms with Gasteiger partial charge in [-0.1, -0.05) is 23.7 Å². The van der Waals surface area contributed by atoms with Gasteiger partial charge in [0.25, 0.3) is 5.91 Å². The van der Waals surface area contributed by atoms with E-state index in [-0.39, 0.29) is 36.3 Å². The number of hydrogen-bond donors (Lipinski definition) is 3. The third-order valence-electron chi connectivity index (χ3n) is 4.69. The summed E-state index contributed by atoms with van der Waals surface area (Å²) >= 11 is 5.71. The number of anilines is 1. The molecular formula is C20H21ClFN3O4. The minimum Gasteiger partial charge on any atom is -0.394 e. The lowest BCUT2D eigenvalue weighted by atomic mass is 9.99. The molecule has 0 aliphatic carbocycles. The molecule has 0 unspecified atom stereocenters. The maximum absolute atomic E-state index is 13.2. The maximum Gasteiger partial charge on any atom is 0.255 e. The van der Waals surface area contributed by atoms with Crippen molar-refractivity contribution < 1.29 is 23.8 Å². The van der Waals surface area contributed by atoms with Crippen LogP contribution in [0.4, 0.5) is 10.1 Å². The van der Waals surface area contributed by atoms with Gasteiger partial charge in [-0.2, -0.15) is 0 Å². The van der Waals surface area contributed by atoms with Crippen molar-refractivity contribution in [3.63, 3.8) is 0 Å². The first-order valence-corrected chi connectivity index (χ1v) is 9.40. The molecule has 4 N–H and O–H groups in total. The number of rotatable bonds is 6. The molecule has 0 spiro atoms. The van der Waals surface area contributed by atoms with Crippen LogP contribution in [-0.2, 0) is 9.53 Å². The summed E-state index contributed by atoms with van der Waals surface area (Å²) in [6.07, 6.45) is -0.509. The van der Waals surface area contributed by atoms with E-state index < -0.39 is 23.9 Å². The van der Waals surface area contributed by atoms with E-state index in [2.05, 4.69) is 5.32 Å². The monoisotopic (exact) mass is 421 g/mol. The Morgan fingerprint density at radius 1 is 1.31 bits per heavy atom. The predicted octanol–water partition coefficient (Wildman–Crippen LogP) is 1.95. The molecule has 1 aliphatic rings. The molecule has 2 amide bonds. The SMILES string of the molecule is NCCN1C(=O)CO[C@H](c2ccc(NC(=O)c3ccc(F)c(Cl)c3)cc2)[C@H]1CO. The standard InChI is InChI=1S/C20H21ClFN3O4/c21-15-9-13(3-6-16(15)22)20(28)24-14-4-1-12(2-5-14)19-17(10-26)25(8-7-23)18(27)11-29-19/h1-6,9,17,19,26H,7-8,10-11,23H2,(H,24,28)/t17-,19-/m1/s1. The molecule has 1 fully saturated rings. The van der Waals surface area contributed by atoms with Crippen molar-refractivity contribution in [1.29, 1.82) is 0 Å². The molecule has 9 heteroatoms. The molecule has 29 heavy (non-hydrogen) atoms. The zero-order valence-electron chi connectivity index (χ0n) is 15.5. The topological polar surface area (TPSA) is 105 Å². The Labute approximate surface area is 172 Å². The van der Waals surface area contributed by atoms with Gasteiger partial charge in [0.15, 0.2) is 0 Å². The number of ether oxygens (including phenoxy) is 1. The lowest BCUT2D eigenvalue weighted by Crippen LogP contribution is -2.54. The van der Waals surface area contributed by atoms with Crippen LogP contribution in [0.1, 0.15) is 22.0 Å². The first-order chi connectivity index (χ1) is 13.9. The lowest BCUT2D eigenvalue weighted by molar-refractivity contribution is -0.160. The van der Waals surface area contributed by atoms with Gasteiger partial charge in [-0.15, -0.1) is 0 Å². The summed E-state index contributed by atoms with van der Waals surface area (Å²) in [5.74, 6) is -1.24. The molecule has 0 aromatic heterocycles. The van der Waals surface area contributed by atoms with Gasteiger partial charge < -0.3 is 25.8 Å². The number of hydrogen-bond acceptors (Lipinski definition) is 5. The van der Waals surface area contributed by atoms with E-state index in [9.17, 15) is 19.1 Å². The number of morpholine rings is 1. The van der Waals surface area contributed by atoms with E-state index in [1.807, 2.05) is 0 Å². The van der Waals surface area contributed by atoms with Gasteiger partial charge in [0.1, 0.15) is 18.5 Å². The largest absolute Gasteiger partial charge is 0.394 e. The van der Waals surface area contributed by atoms with Crippen molar-refractivity contribution >= 4 is 29.1 Å². The number of nitrogens with two attached hydrogens (primary N) is 1. The average molecular weight is 422 g/mol. The fourth-order valence-electron chi connectivity index (χ4n) is 3.24. The molecule has 0 saturated carbocycles. The smallest absolute Gasteiger partial charge is 0.255 e. The van der Waals surface area contributed by atoms with Gasteiger partial charge in [0, 0.05) is 24.3 Å². The first kappa shape index (κ1) is 21.2. The van der Waals surface area contributed by atoms with Gasteiger partial charge in [-0.25, -0.2) is 4.39 Å². The summed E-state index contributed by atoms with van der Waals surface area (Å²) in [4.78, 5) is 25.9. The zero-order valence-corrected chi connectivity index (χ0v) is 16.2. The minimum absolute atomic E-state index is 0.0923. The van der Waals surface area contributed by atoms with Crippen LogP contribution in [0.25, 0.3) is 0 Å². The Bertz CT molecular complexity index is 894. The molecule has 7 nitrogen and oxygen atoms in total. The Balaban J connectivity index is 1.73. The summed E-state index contributed by atoms with van der Waals surface area (Å²) < 4.78 is 18.9. The molecule has 0 bridgehead atoms. The number of halogens is 2. The van der Waals surface area contributed by atoms with E-state index in [1.165, 1.54) is 17.0 Å². The number of aliphatic hydroxyl groups is 1. The fourth-order valence-corrected chi connectivity index (χ4v) is 3.42. The maximum atomic E-state index is 13.2. The van der Waals surface area contributed by atoms with Crippen LogP contribution in [0, 0.1) is 5.82 Å². The second kappa shape index (κ2) is 9.32. The van der Waals surface area contributed by atoms with Gasteiger partial charge in [0.2, 0.25) is 5.91 Å². The van der Waals surface area contributed by atoms with Gasteiger partial charge >= 0.3 is 0 Å². The second-order valence-corrected chi connectivity index (χ2v) is 6.97. The predicted molar refractivity (Wildman–Crippen MR) is 106 cm³/mol. The highest BCUT2D eigenvalue weighted by Crippen LogP contribution is 2.29. The van der Waals surface area contributed by atoms with E-state index in [0.717, 1.165) is 11.6 Å². The Morgan fingerprint density at radius 2 is 2.03 bits per heavy atom. The molecule has 1 heterocycles. The summed E-state index contributed by atoms with van der Waals surface area (Å²) in [7, 11) is 0. The quantitative estimate of drug-likeness (QED) is 0.661. The minimum atomic E-state index is -0.597. The van der Waals surface area contributed by atoms with E-state index in [1.54, 1.807) is 24.3 Å². The lowest BCUT2D eigenvalue weighted by Gasteiger charge is -2.40. The van der Waals surface area contributed by atoms with Gasteiger partial charge in [-0.3, -0.25) is 9.59 Å². The molecule has 154 valence electrons. The van der Waals surface area contributed by atoms with Crippen molar-refractivity contribution in [2.24, 2.45) is 5.73 Å². The number of nitrogens with zero attached hydrogens (tertiary/aromatic N) is 1. The molecule has 1 saturated heterocycles. The highest BCUT2D eigenvalue weighted by atomic mass is 35.5. The molecule has 1 aliphatic heterocycles. The third kappa shape index (κ3) is 4.73.